The van der Waals surface area contributed by atoms with Crippen LogP contribution in [0.4, 0.5) is 0 Å². The van der Waals surface area contributed by atoms with Crippen LogP contribution in [0.15, 0.2) is 30.9 Å². The van der Waals surface area contributed by atoms with Crippen LogP contribution in [0.1, 0.15) is 56.2 Å². The molecular weight excluding hydrogens is 246 g/mol. The molecule has 0 saturated heterocycles. The van der Waals surface area contributed by atoms with Gasteiger partial charge in [-0.2, -0.15) is 0 Å². The largest absolute Gasteiger partial charge is 0.494 e. The summed E-state index contributed by atoms with van der Waals surface area (Å²) in [4.78, 5) is 0. The molecule has 1 N–H and O–H groups in total. The zero-order valence-electron chi connectivity index (χ0n) is 12.7. The first kappa shape index (κ1) is 15.1. The summed E-state index contributed by atoms with van der Waals surface area (Å²) < 4.78 is 5.82. The van der Waals surface area contributed by atoms with Crippen molar-refractivity contribution in [2.45, 2.75) is 51.5 Å². The predicted octanol–water partition coefficient (Wildman–Crippen LogP) is 4.41. The number of hydrogen-bond acceptors (Lipinski definition) is 2. The van der Waals surface area contributed by atoms with Gasteiger partial charge in [0.15, 0.2) is 0 Å². The average Bonchev–Trinajstić information content (AvgIpc) is 2.49. The highest BCUT2D eigenvalue weighted by atomic mass is 16.5. The SMILES string of the molecule is C=CCCCOc1ccc2c(c1)CCCC2NCCC. The Morgan fingerprint density at radius 1 is 1.45 bits per heavy atom. The lowest BCUT2D eigenvalue weighted by molar-refractivity contribution is 0.311. The quantitative estimate of drug-likeness (QED) is 0.559. The van der Waals surface area contributed by atoms with E-state index in [1.807, 2.05) is 6.08 Å². The summed E-state index contributed by atoms with van der Waals surface area (Å²) in [5.41, 5.74) is 2.94. The number of aryl methyl sites for hydroxylation is 1. The van der Waals surface area contributed by atoms with Crippen LogP contribution in [0, 0.1) is 0 Å². The van der Waals surface area contributed by atoms with E-state index in [0.717, 1.165) is 31.7 Å². The van der Waals surface area contributed by atoms with Crippen molar-refractivity contribution in [3.8, 4) is 5.75 Å². The molecule has 0 radical (unpaired) electrons. The monoisotopic (exact) mass is 273 g/mol. The Kier molecular flexibility index (Phi) is 6.13. The molecule has 20 heavy (non-hydrogen) atoms. The van der Waals surface area contributed by atoms with E-state index in [0.29, 0.717) is 6.04 Å². The Balaban J connectivity index is 1.97. The van der Waals surface area contributed by atoms with E-state index < -0.39 is 0 Å². The predicted molar refractivity (Wildman–Crippen MR) is 85.3 cm³/mol. The fourth-order valence-corrected chi connectivity index (χ4v) is 2.83. The van der Waals surface area contributed by atoms with Gasteiger partial charge in [0.2, 0.25) is 0 Å². The maximum absolute atomic E-state index is 5.82. The highest BCUT2D eigenvalue weighted by Crippen LogP contribution is 2.32. The molecule has 0 aromatic heterocycles. The van der Waals surface area contributed by atoms with Crippen LogP contribution < -0.4 is 10.1 Å². The standard InChI is InChI=1S/C18H27NO/c1-3-5-6-13-20-16-10-11-17-15(14-16)8-7-9-18(17)19-12-4-2/h3,10-11,14,18-19H,1,4-9,12-13H2,2H3. The molecule has 2 rings (SSSR count). The van der Waals surface area contributed by atoms with Crippen LogP contribution in [0.3, 0.4) is 0 Å². The third-order valence-electron chi connectivity index (χ3n) is 3.89. The summed E-state index contributed by atoms with van der Waals surface area (Å²) in [6.45, 7) is 7.83. The molecule has 2 nitrogen and oxygen atoms in total. The number of nitrogens with one attached hydrogen (secondary N) is 1. The molecule has 0 fully saturated rings. The second-order valence-corrected chi connectivity index (χ2v) is 5.54. The van der Waals surface area contributed by atoms with E-state index in [4.69, 9.17) is 4.74 Å². The number of hydrogen-bond donors (Lipinski definition) is 1. The zero-order chi connectivity index (χ0) is 14.2. The highest BCUT2D eigenvalue weighted by molar-refractivity contribution is 5.39. The van der Waals surface area contributed by atoms with Crippen molar-refractivity contribution in [3.05, 3.63) is 42.0 Å². The van der Waals surface area contributed by atoms with Crippen molar-refractivity contribution in [2.24, 2.45) is 0 Å². The van der Waals surface area contributed by atoms with Gasteiger partial charge in [0.1, 0.15) is 5.75 Å². The van der Waals surface area contributed by atoms with Crippen molar-refractivity contribution in [2.75, 3.05) is 13.2 Å². The number of rotatable bonds is 8. The van der Waals surface area contributed by atoms with E-state index in [1.165, 1.54) is 36.8 Å². The molecule has 1 atom stereocenters. The number of fused-ring (bicyclic) bond motifs is 1. The number of allylic oxidation sites excluding steroid dienone is 1. The van der Waals surface area contributed by atoms with Gasteiger partial charge < -0.3 is 10.1 Å². The average molecular weight is 273 g/mol. The van der Waals surface area contributed by atoms with E-state index in [9.17, 15) is 0 Å². The van der Waals surface area contributed by atoms with Crippen molar-refractivity contribution in [1.82, 2.24) is 5.32 Å². The first-order valence-corrected chi connectivity index (χ1v) is 7.95. The fraction of sp³-hybridized carbons (Fsp3) is 0.556. The van der Waals surface area contributed by atoms with Crippen molar-refractivity contribution >= 4 is 0 Å². The van der Waals surface area contributed by atoms with Crippen LogP contribution in [-0.4, -0.2) is 13.2 Å². The van der Waals surface area contributed by atoms with Crippen LogP contribution in [-0.2, 0) is 6.42 Å². The lowest BCUT2D eigenvalue weighted by atomic mass is 9.87. The molecule has 0 heterocycles. The maximum Gasteiger partial charge on any atom is 0.119 e. The number of benzene rings is 1. The van der Waals surface area contributed by atoms with E-state index in [-0.39, 0.29) is 0 Å². The van der Waals surface area contributed by atoms with Gasteiger partial charge in [-0.15, -0.1) is 6.58 Å². The summed E-state index contributed by atoms with van der Waals surface area (Å²) in [5.74, 6) is 1.02. The van der Waals surface area contributed by atoms with Crippen molar-refractivity contribution in [1.29, 1.82) is 0 Å². The molecule has 0 amide bonds. The van der Waals surface area contributed by atoms with Crippen LogP contribution in [0.5, 0.6) is 5.75 Å². The Morgan fingerprint density at radius 2 is 2.35 bits per heavy atom. The number of ether oxygens (including phenoxy) is 1. The Labute approximate surface area is 123 Å². The van der Waals surface area contributed by atoms with Crippen LogP contribution in [0.25, 0.3) is 0 Å². The lowest BCUT2D eigenvalue weighted by Gasteiger charge is -2.27. The van der Waals surface area contributed by atoms with Crippen LogP contribution >= 0.6 is 0 Å². The van der Waals surface area contributed by atoms with Gasteiger partial charge in [0.25, 0.3) is 0 Å². The zero-order valence-corrected chi connectivity index (χ0v) is 12.7. The molecule has 0 bridgehead atoms. The van der Waals surface area contributed by atoms with Crippen molar-refractivity contribution in [3.63, 3.8) is 0 Å². The third kappa shape index (κ3) is 4.11. The van der Waals surface area contributed by atoms with Gasteiger partial charge in [0, 0.05) is 6.04 Å². The summed E-state index contributed by atoms with van der Waals surface area (Å²) in [7, 11) is 0. The molecule has 2 heteroatoms. The molecule has 1 unspecified atom stereocenters. The van der Waals surface area contributed by atoms with E-state index in [1.54, 1.807) is 0 Å². The van der Waals surface area contributed by atoms with Gasteiger partial charge >= 0.3 is 0 Å². The van der Waals surface area contributed by atoms with Gasteiger partial charge in [-0.1, -0.05) is 19.1 Å². The van der Waals surface area contributed by atoms with Crippen molar-refractivity contribution < 1.29 is 4.74 Å². The Hall–Kier alpha value is -1.28. The topological polar surface area (TPSA) is 21.3 Å². The minimum Gasteiger partial charge on any atom is -0.494 e. The molecule has 0 aliphatic heterocycles. The van der Waals surface area contributed by atoms with Crippen LogP contribution in [0.2, 0.25) is 0 Å². The maximum atomic E-state index is 5.82. The summed E-state index contributed by atoms with van der Waals surface area (Å²) in [6, 6.07) is 7.15. The molecule has 1 aliphatic carbocycles. The Bertz CT molecular complexity index is 427. The molecule has 0 spiro atoms. The second-order valence-electron chi connectivity index (χ2n) is 5.54. The smallest absolute Gasteiger partial charge is 0.119 e. The molecule has 0 saturated carbocycles. The van der Waals surface area contributed by atoms with E-state index >= 15 is 0 Å². The molecule has 1 aromatic rings. The molecule has 1 aliphatic rings. The molecule has 1 aromatic carbocycles. The first-order valence-electron chi connectivity index (χ1n) is 7.95. The first-order chi connectivity index (χ1) is 9.85. The second kappa shape index (κ2) is 8.11. The van der Waals surface area contributed by atoms with Gasteiger partial charge in [0.05, 0.1) is 6.61 Å². The molecular formula is C18H27NO. The summed E-state index contributed by atoms with van der Waals surface area (Å²) in [6.07, 6.45) is 8.91. The normalized spacial score (nSPS) is 17.6. The lowest BCUT2D eigenvalue weighted by Crippen LogP contribution is -2.25. The number of unbranched alkanes of at least 4 members (excludes halogenated alkanes) is 1. The fourth-order valence-electron chi connectivity index (χ4n) is 2.83. The summed E-state index contributed by atoms with van der Waals surface area (Å²) >= 11 is 0. The van der Waals surface area contributed by atoms with Gasteiger partial charge in [-0.05, 0) is 68.3 Å². The third-order valence-corrected chi connectivity index (χ3v) is 3.89. The molecule has 110 valence electrons. The van der Waals surface area contributed by atoms with Gasteiger partial charge in [-0.25, -0.2) is 0 Å². The van der Waals surface area contributed by atoms with E-state index in [2.05, 4.69) is 37.0 Å². The summed E-state index contributed by atoms with van der Waals surface area (Å²) in [5, 5.41) is 3.65. The van der Waals surface area contributed by atoms with Gasteiger partial charge in [-0.3, -0.25) is 0 Å². The Morgan fingerprint density at radius 3 is 3.15 bits per heavy atom. The highest BCUT2D eigenvalue weighted by Gasteiger charge is 2.19. The minimum atomic E-state index is 0.536. The minimum absolute atomic E-state index is 0.536.